The van der Waals surface area contributed by atoms with E-state index < -0.39 is 5.97 Å². The van der Waals surface area contributed by atoms with Crippen molar-refractivity contribution in [2.75, 3.05) is 12.9 Å². The fraction of sp³-hybridized carbons (Fsp3) is 0.176. The van der Waals surface area contributed by atoms with Gasteiger partial charge in [-0.05, 0) is 43.5 Å². The van der Waals surface area contributed by atoms with Crippen LogP contribution in [0.3, 0.4) is 0 Å². The molecule has 6 heteroatoms. The molecule has 0 spiro atoms. The van der Waals surface area contributed by atoms with Crippen LogP contribution in [0.15, 0.2) is 44.4 Å². The molecule has 118 valence electrons. The van der Waals surface area contributed by atoms with Crippen LogP contribution in [-0.4, -0.2) is 23.9 Å². The predicted octanol–water partition coefficient (Wildman–Crippen LogP) is 3.77. The van der Waals surface area contributed by atoms with E-state index in [-0.39, 0.29) is 16.4 Å². The Balaban J connectivity index is 2.40. The van der Waals surface area contributed by atoms with Crippen molar-refractivity contribution >= 4 is 39.7 Å². The maximum atomic E-state index is 12.8. The summed E-state index contributed by atoms with van der Waals surface area (Å²) in [7, 11) is 0. The van der Waals surface area contributed by atoms with Gasteiger partial charge in [0.05, 0.1) is 27.8 Å². The highest BCUT2D eigenvalue weighted by atomic mass is 32.2. The zero-order valence-corrected chi connectivity index (χ0v) is 13.4. The molecule has 0 aliphatic heterocycles. The smallest absolute Gasteiger partial charge is 0.335 e. The summed E-state index contributed by atoms with van der Waals surface area (Å²) in [5, 5.41) is 9.72. The largest absolute Gasteiger partial charge is 0.494 e. The van der Waals surface area contributed by atoms with E-state index in [1.165, 1.54) is 30.0 Å². The van der Waals surface area contributed by atoms with E-state index >= 15 is 0 Å². The highest BCUT2D eigenvalue weighted by molar-refractivity contribution is 7.98. The molecule has 0 saturated carbocycles. The number of benzene rings is 2. The molecule has 1 N–H and O–H groups in total. The van der Waals surface area contributed by atoms with Gasteiger partial charge in [-0.3, -0.25) is 4.79 Å². The lowest BCUT2D eigenvalue weighted by atomic mass is 10.1. The number of fused-ring (bicyclic) bond motifs is 2. The maximum absolute atomic E-state index is 12.8. The minimum Gasteiger partial charge on any atom is -0.494 e. The minimum atomic E-state index is -1.08. The summed E-state index contributed by atoms with van der Waals surface area (Å²) in [6.07, 6.45) is 1.89. The van der Waals surface area contributed by atoms with Crippen LogP contribution in [0.4, 0.5) is 0 Å². The Hall–Kier alpha value is -2.47. The standard InChI is InChI=1S/C17H14O5S/c1-3-21-10-7-12-15(18)11-6-9(17(19)20)4-5-13(11)22-16(12)14(8-10)23-2/h4-8H,3H2,1-2H3,(H,19,20). The average molecular weight is 330 g/mol. The molecule has 0 unspecified atom stereocenters. The molecule has 3 aromatic rings. The summed E-state index contributed by atoms with van der Waals surface area (Å²) in [4.78, 5) is 24.7. The second kappa shape index (κ2) is 5.96. The molecular formula is C17H14O5S. The zero-order valence-electron chi connectivity index (χ0n) is 12.6. The van der Waals surface area contributed by atoms with Crippen molar-refractivity contribution in [2.24, 2.45) is 0 Å². The summed E-state index contributed by atoms with van der Waals surface area (Å²) < 4.78 is 11.3. The third-order valence-corrected chi connectivity index (χ3v) is 4.23. The summed E-state index contributed by atoms with van der Waals surface area (Å²) in [6, 6.07) is 7.75. The molecule has 0 atom stereocenters. The lowest BCUT2D eigenvalue weighted by Gasteiger charge is -2.09. The number of ether oxygens (including phenoxy) is 1. The third-order valence-electron chi connectivity index (χ3n) is 3.49. The molecular weight excluding hydrogens is 316 g/mol. The predicted molar refractivity (Wildman–Crippen MR) is 89.9 cm³/mol. The summed E-state index contributed by atoms with van der Waals surface area (Å²) in [6.45, 7) is 2.35. The summed E-state index contributed by atoms with van der Waals surface area (Å²) in [5.74, 6) is -0.496. The Morgan fingerprint density at radius 2 is 2.04 bits per heavy atom. The fourth-order valence-corrected chi connectivity index (χ4v) is 3.01. The number of thioether (sulfide) groups is 1. The first-order valence-corrected chi connectivity index (χ1v) is 8.22. The Labute approximate surface area is 135 Å². The van der Waals surface area contributed by atoms with Crippen LogP contribution < -0.4 is 10.2 Å². The Bertz CT molecular complexity index is 974. The van der Waals surface area contributed by atoms with Crippen LogP contribution in [0, 0.1) is 0 Å². The van der Waals surface area contributed by atoms with Gasteiger partial charge in [-0.15, -0.1) is 11.8 Å². The van der Waals surface area contributed by atoms with Crippen LogP contribution in [0.1, 0.15) is 17.3 Å². The Kier molecular flexibility index (Phi) is 4.00. The van der Waals surface area contributed by atoms with Crippen molar-refractivity contribution in [1.29, 1.82) is 0 Å². The molecule has 5 nitrogen and oxygen atoms in total. The molecule has 2 aromatic carbocycles. The van der Waals surface area contributed by atoms with Gasteiger partial charge in [0.1, 0.15) is 11.3 Å². The van der Waals surface area contributed by atoms with E-state index in [1.807, 2.05) is 19.2 Å². The van der Waals surface area contributed by atoms with E-state index in [0.29, 0.717) is 28.9 Å². The van der Waals surface area contributed by atoms with Gasteiger partial charge in [0, 0.05) is 0 Å². The molecule has 0 radical (unpaired) electrons. The molecule has 0 aliphatic carbocycles. The van der Waals surface area contributed by atoms with Crippen molar-refractivity contribution in [1.82, 2.24) is 0 Å². The quantitative estimate of drug-likeness (QED) is 0.580. The van der Waals surface area contributed by atoms with Gasteiger partial charge >= 0.3 is 5.97 Å². The number of hydrogen-bond acceptors (Lipinski definition) is 5. The molecule has 0 saturated heterocycles. The number of carboxylic acid groups (broad SMARTS) is 1. The van der Waals surface area contributed by atoms with Gasteiger partial charge in [0.2, 0.25) is 5.43 Å². The Morgan fingerprint density at radius 1 is 1.26 bits per heavy atom. The van der Waals surface area contributed by atoms with E-state index in [9.17, 15) is 9.59 Å². The van der Waals surface area contributed by atoms with E-state index in [1.54, 1.807) is 6.07 Å². The van der Waals surface area contributed by atoms with Crippen molar-refractivity contribution in [3.8, 4) is 5.75 Å². The van der Waals surface area contributed by atoms with Crippen molar-refractivity contribution in [3.63, 3.8) is 0 Å². The van der Waals surface area contributed by atoms with Crippen LogP contribution in [-0.2, 0) is 0 Å². The maximum Gasteiger partial charge on any atom is 0.335 e. The topological polar surface area (TPSA) is 76.7 Å². The molecule has 1 heterocycles. The zero-order chi connectivity index (χ0) is 16.6. The van der Waals surface area contributed by atoms with E-state index in [0.717, 1.165) is 4.90 Å². The first-order chi connectivity index (χ1) is 11.0. The first-order valence-electron chi connectivity index (χ1n) is 7.00. The number of aromatic carboxylic acids is 1. The molecule has 0 fully saturated rings. The van der Waals surface area contributed by atoms with Crippen molar-refractivity contribution < 1.29 is 19.1 Å². The van der Waals surface area contributed by atoms with Gasteiger partial charge < -0.3 is 14.3 Å². The normalized spacial score (nSPS) is 11.0. The Morgan fingerprint density at radius 3 is 2.70 bits per heavy atom. The molecule has 3 rings (SSSR count). The van der Waals surface area contributed by atoms with Gasteiger partial charge in [-0.2, -0.15) is 0 Å². The highest BCUT2D eigenvalue weighted by Crippen LogP contribution is 2.32. The second-order valence-electron chi connectivity index (χ2n) is 4.88. The monoisotopic (exact) mass is 330 g/mol. The lowest BCUT2D eigenvalue weighted by Crippen LogP contribution is -2.05. The second-order valence-corrected chi connectivity index (χ2v) is 5.73. The SMILES string of the molecule is CCOc1cc(SC)c2oc3ccc(C(=O)O)cc3c(=O)c2c1. The summed E-state index contributed by atoms with van der Waals surface area (Å²) >= 11 is 1.46. The minimum absolute atomic E-state index is 0.0511. The van der Waals surface area contributed by atoms with Crippen molar-refractivity contribution in [3.05, 3.63) is 46.1 Å². The lowest BCUT2D eigenvalue weighted by molar-refractivity contribution is 0.0697. The first kappa shape index (κ1) is 15.4. The number of carbonyl (C=O) groups is 1. The number of hydrogen-bond donors (Lipinski definition) is 1. The van der Waals surface area contributed by atoms with Crippen LogP contribution in [0.2, 0.25) is 0 Å². The van der Waals surface area contributed by atoms with E-state index in [4.69, 9.17) is 14.3 Å². The third kappa shape index (κ3) is 2.66. The molecule has 0 bridgehead atoms. The summed E-state index contributed by atoms with van der Waals surface area (Å²) in [5.41, 5.74) is 0.643. The van der Waals surface area contributed by atoms with Crippen molar-refractivity contribution in [2.45, 2.75) is 11.8 Å². The average Bonchev–Trinajstić information content (AvgIpc) is 2.55. The molecule has 23 heavy (non-hydrogen) atoms. The van der Waals surface area contributed by atoms with Gasteiger partial charge in [-0.25, -0.2) is 4.79 Å². The highest BCUT2D eigenvalue weighted by Gasteiger charge is 2.15. The molecule has 0 aliphatic rings. The van der Waals surface area contributed by atoms with Gasteiger partial charge in [0.15, 0.2) is 5.58 Å². The van der Waals surface area contributed by atoms with Crippen LogP contribution >= 0.6 is 11.8 Å². The van der Waals surface area contributed by atoms with Crippen LogP contribution in [0.25, 0.3) is 21.9 Å². The fourth-order valence-electron chi connectivity index (χ4n) is 2.44. The molecule has 1 aromatic heterocycles. The van der Waals surface area contributed by atoms with Crippen LogP contribution in [0.5, 0.6) is 5.75 Å². The van der Waals surface area contributed by atoms with Gasteiger partial charge in [0.25, 0.3) is 0 Å². The number of carboxylic acids is 1. The number of rotatable bonds is 4. The van der Waals surface area contributed by atoms with E-state index in [2.05, 4.69) is 0 Å². The molecule has 0 amide bonds. The van der Waals surface area contributed by atoms with Gasteiger partial charge in [-0.1, -0.05) is 0 Å².